The third kappa shape index (κ3) is 5.01. The molecule has 0 aliphatic carbocycles. The smallest absolute Gasteiger partial charge is 0.282 e. The van der Waals surface area contributed by atoms with Crippen molar-refractivity contribution in [3.05, 3.63) is 53.1 Å². The predicted octanol–water partition coefficient (Wildman–Crippen LogP) is 2.21. The Morgan fingerprint density at radius 2 is 1.73 bits per heavy atom. The number of phenolic OH excluding ortho intramolecular Hbond substituents is 1. The summed E-state index contributed by atoms with van der Waals surface area (Å²) in [5, 5.41) is 18.0. The predicted molar refractivity (Wildman–Crippen MR) is 151 cm³/mol. The fourth-order valence-corrected chi connectivity index (χ4v) is 7.90. The van der Waals surface area contributed by atoms with Crippen LogP contribution in [0.15, 0.2) is 30.3 Å². The maximum Gasteiger partial charge on any atom is 0.282 e. The number of phenols is 1. The first kappa shape index (κ1) is 27.8. The van der Waals surface area contributed by atoms with Gasteiger partial charge in [0.05, 0.1) is 29.7 Å². The summed E-state index contributed by atoms with van der Waals surface area (Å²) >= 11 is 0. The number of piperazine rings is 1. The minimum Gasteiger partial charge on any atom is -0.505 e. The third-order valence-corrected chi connectivity index (χ3v) is 11.1. The van der Waals surface area contributed by atoms with Crippen LogP contribution in [0, 0.1) is 5.82 Å². The second-order valence-corrected chi connectivity index (χ2v) is 14.2. The van der Waals surface area contributed by atoms with Crippen molar-refractivity contribution in [1.29, 1.82) is 0 Å². The van der Waals surface area contributed by atoms with Gasteiger partial charge in [0.1, 0.15) is 5.69 Å². The van der Waals surface area contributed by atoms with Crippen molar-refractivity contribution >= 4 is 31.1 Å². The summed E-state index contributed by atoms with van der Waals surface area (Å²) in [7, 11) is -7.15. The summed E-state index contributed by atoms with van der Waals surface area (Å²) in [6.45, 7) is 2.78. The molecule has 0 amide bonds. The van der Waals surface area contributed by atoms with Crippen molar-refractivity contribution < 1.29 is 26.3 Å². The third-order valence-electron chi connectivity index (χ3n) is 7.77. The summed E-state index contributed by atoms with van der Waals surface area (Å²) in [5.74, 6) is -0.547. The number of halogens is 1. The van der Waals surface area contributed by atoms with E-state index in [0.717, 1.165) is 34.0 Å². The first-order chi connectivity index (χ1) is 19.5. The molecule has 12 nitrogen and oxygen atoms in total. The van der Waals surface area contributed by atoms with Crippen LogP contribution in [0.2, 0.25) is 0 Å². The van der Waals surface area contributed by atoms with Gasteiger partial charge in [0.25, 0.3) is 10.2 Å². The Balaban J connectivity index is 1.23. The molecule has 6 rings (SSSR count). The van der Waals surface area contributed by atoms with Crippen molar-refractivity contribution in [3.8, 4) is 28.4 Å². The molecule has 2 aromatic carbocycles. The summed E-state index contributed by atoms with van der Waals surface area (Å²) in [4.78, 5) is 7.97. The number of H-pyrrole nitrogens is 2. The zero-order chi connectivity index (χ0) is 29.1. The summed E-state index contributed by atoms with van der Waals surface area (Å²) in [5.41, 5.74) is 5.05. The molecule has 218 valence electrons. The van der Waals surface area contributed by atoms with Crippen molar-refractivity contribution in [2.45, 2.75) is 26.3 Å². The van der Waals surface area contributed by atoms with E-state index in [2.05, 4.69) is 15.2 Å². The van der Waals surface area contributed by atoms with Gasteiger partial charge in [-0.15, -0.1) is 0 Å². The van der Waals surface area contributed by atoms with E-state index in [1.807, 2.05) is 25.1 Å². The van der Waals surface area contributed by atoms with Crippen LogP contribution in [-0.4, -0.2) is 94.0 Å². The highest BCUT2D eigenvalue weighted by Crippen LogP contribution is 2.34. The lowest BCUT2D eigenvalue weighted by molar-refractivity contribution is 0.250. The first-order valence-electron chi connectivity index (χ1n) is 13.2. The van der Waals surface area contributed by atoms with Crippen molar-refractivity contribution in [1.82, 2.24) is 33.1 Å². The lowest BCUT2D eigenvalue weighted by Crippen LogP contribution is -2.54. The van der Waals surface area contributed by atoms with E-state index in [0.29, 0.717) is 35.6 Å². The van der Waals surface area contributed by atoms with Gasteiger partial charge in [-0.25, -0.2) is 17.8 Å². The number of hydrogen-bond donors (Lipinski definition) is 3. The second-order valence-electron chi connectivity index (χ2n) is 10.3. The zero-order valence-electron chi connectivity index (χ0n) is 22.6. The monoisotopic (exact) mass is 603 g/mol. The molecule has 0 spiro atoms. The minimum atomic E-state index is -3.79. The number of fused-ring (bicyclic) bond motifs is 2. The maximum absolute atomic E-state index is 14.1. The van der Waals surface area contributed by atoms with Gasteiger partial charge < -0.3 is 10.1 Å². The number of sulfonamides is 1. The quantitative estimate of drug-likeness (QED) is 0.305. The van der Waals surface area contributed by atoms with Crippen molar-refractivity contribution in [2.24, 2.45) is 0 Å². The number of nitrogens with one attached hydrogen (secondary N) is 2. The number of rotatable bonds is 6. The number of aromatic nitrogens is 4. The first-order valence-corrected chi connectivity index (χ1v) is 16.5. The fraction of sp³-hybridized carbons (Fsp3) is 0.385. The van der Waals surface area contributed by atoms with Crippen LogP contribution in [0.1, 0.15) is 23.9 Å². The van der Waals surface area contributed by atoms with Crippen LogP contribution in [0.3, 0.4) is 0 Å². The van der Waals surface area contributed by atoms with Gasteiger partial charge in [-0.2, -0.15) is 26.4 Å². The SMILES string of the molecule is CCc1cc(O)c(F)cc1-c1ccc2c(-c3nc4c([nH]3)CN(S(=O)(=O)N3CCN(S(C)(=O)=O)CC3)CC4)n[nH]c2c1. The highest BCUT2D eigenvalue weighted by atomic mass is 32.2. The number of aromatic hydroxyl groups is 1. The molecular formula is C26H30FN7O5S2. The van der Waals surface area contributed by atoms with E-state index < -0.39 is 26.0 Å². The van der Waals surface area contributed by atoms with E-state index in [1.54, 1.807) is 0 Å². The Labute approximate surface area is 237 Å². The van der Waals surface area contributed by atoms with Crippen LogP contribution in [-0.2, 0) is 39.6 Å². The summed E-state index contributed by atoms with van der Waals surface area (Å²) in [6, 6.07) is 8.39. The molecule has 0 unspecified atom stereocenters. The molecule has 2 aromatic heterocycles. The largest absolute Gasteiger partial charge is 0.505 e. The van der Waals surface area contributed by atoms with Crippen molar-refractivity contribution in [3.63, 3.8) is 0 Å². The minimum absolute atomic E-state index is 0.102. The molecule has 4 heterocycles. The van der Waals surface area contributed by atoms with Crippen LogP contribution < -0.4 is 0 Å². The molecule has 4 aromatic rings. The second kappa shape index (κ2) is 10.2. The molecule has 0 bridgehead atoms. The number of aryl methyl sites for hydroxylation is 1. The Morgan fingerprint density at radius 3 is 2.44 bits per heavy atom. The van der Waals surface area contributed by atoms with Gasteiger partial charge >= 0.3 is 0 Å². The van der Waals surface area contributed by atoms with Crippen molar-refractivity contribution in [2.75, 3.05) is 39.0 Å². The number of imidazole rings is 1. The highest BCUT2D eigenvalue weighted by molar-refractivity contribution is 7.88. The standard InChI is InChI=1S/C26H30FN7O5S2/c1-3-16-13-24(35)20(27)14-19(16)17-4-5-18-22(12-17)30-31-25(18)26-28-21-6-7-34(15-23(21)29-26)41(38,39)33-10-8-32(9-11-33)40(2,36)37/h4-5,12-14,35H,3,6-11,15H2,1-2H3,(H,28,29)(H,30,31). The maximum atomic E-state index is 14.1. The topological polar surface area (TPSA) is 156 Å². The Bertz CT molecular complexity index is 1860. The molecule has 1 fully saturated rings. The molecule has 0 radical (unpaired) electrons. The van der Waals surface area contributed by atoms with Crippen LogP contribution in [0.25, 0.3) is 33.5 Å². The number of nitrogens with zero attached hydrogens (tertiary/aromatic N) is 5. The number of aromatic amines is 2. The Morgan fingerprint density at radius 1 is 1.00 bits per heavy atom. The van der Waals surface area contributed by atoms with Gasteiger partial charge in [0.15, 0.2) is 17.4 Å². The highest BCUT2D eigenvalue weighted by Gasteiger charge is 2.36. The van der Waals surface area contributed by atoms with Gasteiger partial charge in [-0.05, 0) is 47.4 Å². The fourth-order valence-electron chi connectivity index (χ4n) is 5.51. The number of benzene rings is 2. The van der Waals surface area contributed by atoms with Crippen LogP contribution in [0.4, 0.5) is 4.39 Å². The van der Waals surface area contributed by atoms with Gasteiger partial charge in [-0.1, -0.05) is 13.0 Å². The van der Waals surface area contributed by atoms with Gasteiger partial charge in [0.2, 0.25) is 10.0 Å². The van der Waals surface area contributed by atoms with E-state index in [4.69, 9.17) is 4.98 Å². The van der Waals surface area contributed by atoms with Crippen LogP contribution >= 0.6 is 0 Å². The molecule has 0 saturated carbocycles. The molecule has 1 saturated heterocycles. The van der Waals surface area contributed by atoms with E-state index in [-0.39, 0.29) is 45.0 Å². The lowest BCUT2D eigenvalue weighted by atomic mass is 9.96. The van der Waals surface area contributed by atoms with Gasteiger partial charge in [0, 0.05) is 44.5 Å². The number of hydrogen-bond acceptors (Lipinski definition) is 7. The zero-order valence-corrected chi connectivity index (χ0v) is 24.2. The molecule has 41 heavy (non-hydrogen) atoms. The summed E-state index contributed by atoms with van der Waals surface area (Å²) in [6.07, 6.45) is 2.17. The van der Waals surface area contributed by atoms with E-state index >= 15 is 0 Å². The normalized spacial score (nSPS) is 17.7. The molecular weight excluding hydrogens is 573 g/mol. The molecule has 0 atom stereocenters. The van der Waals surface area contributed by atoms with E-state index in [1.165, 1.54) is 25.0 Å². The van der Waals surface area contributed by atoms with Crippen LogP contribution in [0.5, 0.6) is 5.75 Å². The Hall–Kier alpha value is -3.37. The molecule has 15 heteroatoms. The molecule has 3 N–H and O–H groups in total. The average molecular weight is 604 g/mol. The Kier molecular flexibility index (Phi) is 6.89. The summed E-state index contributed by atoms with van der Waals surface area (Å²) < 4.78 is 68.5. The lowest BCUT2D eigenvalue weighted by Gasteiger charge is -2.36. The molecule has 2 aliphatic rings. The average Bonchev–Trinajstić information content (AvgIpc) is 3.57. The van der Waals surface area contributed by atoms with Gasteiger partial charge in [-0.3, -0.25) is 5.10 Å². The van der Waals surface area contributed by atoms with E-state index in [9.17, 15) is 26.3 Å². The molecule has 2 aliphatic heterocycles.